The summed E-state index contributed by atoms with van der Waals surface area (Å²) in [6, 6.07) is 9.03. The van der Waals surface area contributed by atoms with Crippen LogP contribution in [0.15, 0.2) is 65.3 Å². The van der Waals surface area contributed by atoms with Crippen LogP contribution in [0.25, 0.3) is 0 Å². The van der Waals surface area contributed by atoms with E-state index in [9.17, 15) is 0 Å². The minimum Gasteiger partial charge on any atom is -0.378 e. The molecule has 0 spiro atoms. The fourth-order valence-corrected chi connectivity index (χ4v) is 2.35. The molecule has 1 rings (SSSR count). The molecule has 0 saturated carbocycles. The highest BCUT2D eigenvalue weighted by Gasteiger charge is 2.17. The van der Waals surface area contributed by atoms with Crippen molar-refractivity contribution in [2.45, 2.75) is 53.1 Å². The van der Waals surface area contributed by atoms with Crippen LogP contribution in [0.2, 0.25) is 0 Å². The maximum atomic E-state index is 4.14. The molecule has 138 valence electrons. The van der Waals surface area contributed by atoms with Gasteiger partial charge in [-0.2, -0.15) is 0 Å². The van der Waals surface area contributed by atoms with Gasteiger partial charge in [0.1, 0.15) is 0 Å². The van der Waals surface area contributed by atoms with Crippen molar-refractivity contribution in [3.63, 3.8) is 0 Å². The number of aryl methyl sites for hydroxylation is 1. The maximum absolute atomic E-state index is 4.14. The van der Waals surface area contributed by atoms with E-state index >= 15 is 0 Å². The predicted octanol–water partition coefficient (Wildman–Crippen LogP) is 5.52. The SMILES string of the molecule is C=N/C=C\C=C(/C(=C)C)C(CC(C)NC)Nc1ccc(C)cc1.CC. The lowest BCUT2D eigenvalue weighted by Gasteiger charge is -2.26. The molecule has 2 atom stereocenters. The molecular weight excluding hydrogens is 306 g/mol. The van der Waals surface area contributed by atoms with Crippen LogP contribution in [0.4, 0.5) is 5.69 Å². The van der Waals surface area contributed by atoms with E-state index in [2.05, 4.69) is 73.1 Å². The Morgan fingerprint density at radius 1 is 1.24 bits per heavy atom. The van der Waals surface area contributed by atoms with Gasteiger partial charge in [-0.3, -0.25) is 4.99 Å². The molecule has 25 heavy (non-hydrogen) atoms. The van der Waals surface area contributed by atoms with E-state index in [1.165, 1.54) is 11.1 Å². The lowest BCUT2D eigenvalue weighted by Crippen LogP contribution is -2.32. The third kappa shape index (κ3) is 9.06. The van der Waals surface area contributed by atoms with Crippen LogP contribution < -0.4 is 10.6 Å². The molecule has 0 fully saturated rings. The van der Waals surface area contributed by atoms with E-state index in [-0.39, 0.29) is 6.04 Å². The average molecular weight is 342 g/mol. The Bertz CT molecular complexity index is 567. The number of nitrogens with one attached hydrogen (secondary N) is 2. The van der Waals surface area contributed by atoms with Gasteiger partial charge in [0.2, 0.25) is 0 Å². The molecule has 0 bridgehead atoms. The lowest BCUT2D eigenvalue weighted by atomic mass is 9.94. The quantitative estimate of drug-likeness (QED) is 0.458. The van der Waals surface area contributed by atoms with Gasteiger partial charge in [-0.05, 0) is 64.7 Å². The number of hydrogen-bond donors (Lipinski definition) is 2. The molecule has 0 saturated heterocycles. The molecule has 0 aromatic heterocycles. The summed E-state index contributed by atoms with van der Waals surface area (Å²) in [6.45, 7) is 17.9. The molecule has 2 unspecified atom stereocenters. The van der Waals surface area contributed by atoms with Crippen LogP contribution in [0.1, 0.15) is 39.7 Å². The van der Waals surface area contributed by atoms with E-state index in [0.29, 0.717) is 6.04 Å². The zero-order valence-corrected chi connectivity index (χ0v) is 16.8. The predicted molar refractivity (Wildman–Crippen MR) is 115 cm³/mol. The summed E-state index contributed by atoms with van der Waals surface area (Å²) in [5, 5.41) is 6.94. The molecule has 1 aromatic carbocycles. The minimum absolute atomic E-state index is 0.173. The first-order chi connectivity index (χ1) is 12.0. The first-order valence-electron chi connectivity index (χ1n) is 8.96. The molecule has 0 aliphatic heterocycles. The largest absolute Gasteiger partial charge is 0.378 e. The standard InChI is InChI=1S/C20H29N3.C2H6/c1-15(2)19(8-7-13-21-5)20(14-17(4)22-6)23-18-11-9-16(3)10-12-18;1-2/h7-13,17,20,22-23H,1,5,14H2,2-4,6H3;1-2H3/b13-7-,19-8+;. The van der Waals surface area contributed by atoms with Gasteiger partial charge in [0, 0.05) is 17.9 Å². The molecule has 0 aliphatic rings. The molecule has 0 amide bonds. The van der Waals surface area contributed by atoms with Crippen molar-refractivity contribution in [2.75, 3.05) is 12.4 Å². The number of hydrogen-bond acceptors (Lipinski definition) is 3. The molecule has 3 nitrogen and oxygen atoms in total. The highest BCUT2D eigenvalue weighted by Crippen LogP contribution is 2.22. The van der Waals surface area contributed by atoms with Crippen molar-refractivity contribution in [2.24, 2.45) is 4.99 Å². The zero-order chi connectivity index (χ0) is 19.2. The Kier molecular flexibility index (Phi) is 12.1. The molecule has 3 heteroatoms. The number of rotatable bonds is 9. The number of anilines is 1. The smallest absolute Gasteiger partial charge is 0.0530 e. The maximum Gasteiger partial charge on any atom is 0.0530 e. The first kappa shape index (κ1) is 22.9. The van der Waals surface area contributed by atoms with Crippen molar-refractivity contribution in [3.8, 4) is 0 Å². The van der Waals surface area contributed by atoms with Crippen molar-refractivity contribution in [3.05, 3.63) is 65.9 Å². The Balaban J connectivity index is 0.00000277. The van der Waals surface area contributed by atoms with Crippen LogP contribution in [-0.2, 0) is 0 Å². The van der Waals surface area contributed by atoms with E-state index in [1.54, 1.807) is 6.20 Å². The molecule has 1 aromatic rings. The summed E-state index contributed by atoms with van der Waals surface area (Å²) in [7, 11) is 1.99. The highest BCUT2D eigenvalue weighted by atomic mass is 14.9. The number of nitrogens with zero attached hydrogens (tertiary/aromatic N) is 1. The second kappa shape index (κ2) is 13.2. The molecular formula is C22H35N3. The highest BCUT2D eigenvalue weighted by molar-refractivity contribution is 5.50. The van der Waals surface area contributed by atoms with E-state index in [0.717, 1.165) is 17.7 Å². The monoisotopic (exact) mass is 341 g/mol. The van der Waals surface area contributed by atoms with Gasteiger partial charge in [-0.15, -0.1) is 0 Å². The van der Waals surface area contributed by atoms with Crippen LogP contribution >= 0.6 is 0 Å². The summed E-state index contributed by atoms with van der Waals surface area (Å²) in [4.78, 5) is 3.76. The van der Waals surface area contributed by atoms with Crippen molar-refractivity contribution >= 4 is 12.4 Å². The Morgan fingerprint density at radius 3 is 2.32 bits per heavy atom. The summed E-state index contributed by atoms with van der Waals surface area (Å²) in [6.07, 6.45) is 6.61. The summed E-state index contributed by atoms with van der Waals surface area (Å²) in [5.41, 5.74) is 4.59. The van der Waals surface area contributed by atoms with Gasteiger partial charge in [0.25, 0.3) is 0 Å². The fraction of sp³-hybridized carbons (Fsp3) is 0.409. The number of allylic oxidation sites excluding steroid dienone is 2. The van der Waals surface area contributed by atoms with Crippen molar-refractivity contribution < 1.29 is 0 Å². The summed E-state index contributed by atoms with van der Waals surface area (Å²) in [5.74, 6) is 0. The normalized spacial score (nSPS) is 13.6. The minimum atomic E-state index is 0.173. The summed E-state index contributed by atoms with van der Waals surface area (Å²) < 4.78 is 0. The van der Waals surface area contributed by atoms with Gasteiger partial charge in [-0.1, -0.05) is 49.8 Å². The van der Waals surface area contributed by atoms with Crippen LogP contribution in [0.5, 0.6) is 0 Å². The van der Waals surface area contributed by atoms with Gasteiger partial charge in [-0.25, -0.2) is 0 Å². The second-order valence-corrected chi connectivity index (χ2v) is 5.91. The molecule has 2 N–H and O–H groups in total. The van der Waals surface area contributed by atoms with Crippen molar-refractivity contribution in [1.82, 2.24) is 5.32 Å². The molecule has 0 heterocycles. The van der Waals surface area contributed by atoms with Gasteiger partial charge in [0.05, 0.1) is 6.04 Å². The van der Waals surface area contributed by atoms with E-state index < -0.39 is 0 Å². The second-order valence-electron chi connectivity index (χ2n) is 5.91. The Morgan fingerprint density at radius 2 is 1.84 bits per heavy atom. The number of aliphatic imine (C=N–C) groups is 1. The van der Waals surface area contributed by atoms with E-state index in [1.807, 2.05) is 33.9 Å². The number of benzene rings is 1. The third-order valence-corrected chi connectivity index (χ3v) is 3.81. The average Bonchev–Trinajstić information content (AvgIpc) is 2.61. The first-order valence-corrected chi connectivity index (χ1v) is 8.96. The fourth-order valence-electron chi connectivity index (χ4n) is 2.35. The summed E-state index contributed by atoms with van der Waals surface area (Å²) >= 11 is 0. The van der Waals surface area contributed by atoms with Crippen LogP contribution in [0.3, 0.4) is 0 Å². The van der Waals surface area contributed by atoms with Gasteiger partial charge in [0.15, 0.2) is 0 Å². The molecule has 0 aliphatic carbocycles. The van der Waals surface area contributed by atoms with E-state index in [4.69, 9.17) is 0 Å². The zero-order valence-electron chi connectivity index (χ0n) is 16.8. The van der Waals surface area contributed by atoms with Crippen molar-refractivity contribution in [1.29, 1.82) is 0 Å². The van der Waals surface area contributed by atoms with Crippen LogP contribution in [0, 0.1) is 6.92 Å². The van der Waals surface area contributed by atoms with Crippen LogP contribution in [-0.4, -0.2) is 25.8 Å². The lowest BCUT2D eigenvalue weighted by molar-refractivity contribution is 0.540. The topological polar surface area (TPSA) is 36.4 Å². The Hall–Kier alpha value is -2.13. The van der Waals surface area contributed by atoms with Gasteiger partial charge >= 0.3 is 0 Å². The third-order valence-electron chi connectivity index (χ3n) is 3.81. The van der Waals surface area contributed by atoms with Gasteiger partial charge < -0.3 is 10.6 Å². The molecule has 0 radical (unpaired) electrons. The Labute approximate surface area is 154 Å².